The fourth-order valence-corrected chi connectivity index (χ4v) is 3.52. The molecule has 4 rings (SSSR count). The van der Waals surface area contributed by atoms with Crippen LogP contribution >= 0.6 is 0 Å². The number of pyridine rings is 1. The summed E-state index contributed by atoms with van der Waals surface area (Å²) in [7, 11) is 4.11. The Morgan fingerprint density at radius 1 is 1.16 bits per heavy atom. The number of anilines is 1. The highest BCUT2D eigenvalue weighted by molar-refractivity contribution is 5.88. The molecule has 0 radical (unpaired) electrons. The molecule has 3 aromatic rings. The molecule has 0 saturated carbocycles. The summed E-state index contributed by atoms with van der Waals surface area (Å²) in [5.41, 5.74) is 3.46. The number of likely N-dealkylation sites (tertiary alicyclic amines) is 1. The minimum atomic E-state index is 0.863. The van der Waals surface area contributed by atoms with Crippen LogP contribution in [0.15, 0.2) is 48.9 Å². The smallest absolute Gasteiger partial charge is 0.130 e. The van der Waals surface area contributed by atoms with Gasteiger partial charge in [0.25, 0.3) is 0 Å². The van der Waals surface area contributed by atoms with Crippen LogP contribution in [0.1, 0.15) is 12.8 Å². The maximum absolute atomic E-state index is 4.53. The third-order valence-electron chi connectivity index (χ3n) is 5.07. The van der Waals surface area contributed by atoms with Gasteiger partial charge in [0.05, 0.1) is 5.69 Å². The summed E-state index contributed by atoms with van der Waals surface area (Å²) in [5, 5.41) is 5.71. The molecular formula is C20H25N5. The average Bonchev–Trinajstić information content (AvgIpc) is 3.11. The number of nitrogens with one attached hydrogen (secondary N) is 1. The first kappa shape index (κ1) is 16.0. The van der Waals surface area contributed by atoms with Crippen molar-refractivity contribution in [3.8, 4) is 11.3 Å². The quantitative estimate of drug-likeness (QED) is 0.774. The zero-order chi connectivity index (χ0) is 17.4. The van der Waals surface area contributed by atoms with Crippen molar-refractivity contribution in [3.63, 3.8) is 0 Å². The first-order chi connectivity index (χ1) is 12.1. The Labute approximate surface area is 148 Å². The lowest BCUT2D eigenvalue weighted by atomic mass is 10.1. The van der Waals surface area contributed by atoms with E-state index in [1.165, 1.54) is 42.6 Å². The first-order valence-electron chi connectivity index (χ1n) is 8.86. The van der Waals surface area contributed by atoms with Crippen LogP contribution in [-0.2, 0) is 14.1 Å². The van der Waals surface area contributed by atoms with Crippen molar-refractivity contribution in [2.24, 2.45) is 14.1 Å². The largest absolute Gasteiger partial charge is 0.343 e. The molecule has 2 aromatic heterocycles. The predicted octanol–water partition coefficient (Wildman–Crippen LogP) is 3.60. The molecule has 1 aliphatic heterocycles. The number of aromatic nitrogens is 3. The fourth-order valence-electron chi connectivity index (χ4n) is 3.52. The molecule has 1 aliphatic rings. The second-order valence-electron chi connectivity index (χ2n) is 6.95. The Bertz CT molecular complexity index is 911. The van der Waals surface area contributed by atoms with E-state index in [0.29, 0.717) is 0 Å². The lowest BCUT2D eigenvalue weighted by Crippen LogP contribution is -2.24. The van der Waals surface area contributed by atoms with E-state index in [-0.39, 0.29) is 0 Å². The summed E-state index contributed by atoms with van der Waals surface area (Å²) >= 11 is 0. The summed E-state index contributed by atoms with van der Waals surface area (Å²) in [6.45, 7) is 7.40. The van der Waals surface area contributed by atoms with E-state index in [1.54, 1.807) is 0 Å². The van der Waals surface area contributed by atoms with E-state index in [2.05, 4.69) is 68.7 Å². The molecule has 0 amide bonds. The molecule has 0 aliphatic carbocycles. The van der Waals surface area contributed by atoms with Gasteiger partial charge in [0.2, 0.25) is 0 Å². The number of fused-ring (bicyclic) bond motifs is 1. The molecule has 1 aromatic carbocycles. The van der Waals surface area contributed by atoms with Gasteiger partial charge in [-0.15, -0.1) is 0 Å². The molecule has 1 fully saturated rings. The Balaban J connectivity index is 1.54. The van der Waals surface area contributed by atoms with E-state index in [4.69, 9.17) is 0 Å². The average molecular weight is 335 g/mol. The minimum absolute atomic E-state index is 0.863. The number of aryl methyl sites for hydroxylation is 1. The molecule has 0 atom stereocenters. The molecule has 0 spiro atoms. The van der Waals surface area contributed by atoms with Gasteiger partial charge in [0, 0.05) is 49.7 Å². The summed E-state index contributed by atoms with van der Waals surface area (Å²) in [4.78, 5) is 6.97. The van der Waals surface area contributed by atoms with Gasteiger partial charge >= 0.3 is 0 Å². The SMILES string of the molecule is C=C(CN1CCCC1)Nc1cc2cc(-c3cn(C)n3C)ccc2cn1. The molecule has 3 heterocycles. The summed E-state index contributed by atoms with van der Waals surface area (Å²) < 4.78 is 4.21. The number of nitrogens with zero attached hydrogens (tertiary/aromatic N) is 4. The lowest BCUT2D eigenvalue weighted by molar-refractivity contribution is 0.370. The molecule has 1 saturated heterocycles. The van der Waals surface area contributed by atoms with Crippen LogP contribution in [0.2, 0.25) is 0 Å². The van der Waals surface area contributed by atoms with Crippen LogP contribution in [0.3, 0.4) is 0 Å². The normalized spacial score (nSPS) is 15.1. The number of rotatable bonds is 5. The van der Waals surface area contributed by atoms with Gasteiger partial charge < -0.3 is 5.32 Å². The molecule has 5 heteroatoms. The number of hydrogen-bond acceptors (Lipinski definition) is 3. The third-order valence-corrected chi connectivity index (χ3v) is 5.07. The van der Waals surface area contributed by atoms with Crippen LogP contribution in [0.4, 0.5) is 5.82 Å². The van der Waals surface area contributed by atoms with Crippen LogP contribution < -0.4 is 5.32 Å². The van der Waals surface area contributed by atoms with E-state index in [1.807, 2.05) is 13.2 Å². The third kappa shape index (κ3) is 3.20. The van der Waals surface area contributed by atoms with Crippen molar-refractivity contribution in [2.75, 3.05) is 25.0 Å². The maximum atomic E-state index is 4.53. The number of hydrogen-bond donors (Lipinski definition) is 1. The predicted molar refractivity (Wildman–Crippen MR) is 104 cm³/mol. The second-order valence-corrected chi connectivity index (χ2v) is 6.95. The first-order valence-corrected chi connectivity index (χ1v) is 8.86. The highest BCUT2D eigenvalue weighted by Crippen LogP contribution is 2.26. The van der Waals surface area contributed by atoms with Crippen molar-refractivity contribution in [2.45, 2.75) is 12.8 Å². The Morgan fingerprint density at radius 2 is 1.96 bits per heavy atom. The second kappa shape index (κ2) is 6.41. The molecule has 1 N–H and O–H groups in total. The van der Waals surface area contributed by atoms with Crippen molar-refractivity contribution in [1.82, 2.24) is 19.2 Å². The van der Waals surface area contributed by atoms with Crippen LogP contribution in [0.5, 0.6) is 0 Å². The van der Waals surface area contributed by atoms with Gasteiger partial charge in [-0.25, -0.2) is 4.98 Å². The Morgan fingerprint density at radius 3 is 2.68 bits per heavy atom. The van der Waals surface area contributed by atoms with Crippen molar-refractivity contribution in [3.05, 3.63) is 48.9 Å². The van der Waals surface area contributed by atoms with Crippen molar-refractivity contribution in [1.29, 1.82) is 0 Å². The minimum Gasteiger partial charge on any atom is -0.343 e. The van der Waals surface area contributed by atoms with Gasteiger partial charge in [0.15, 0.2) is 0 Å². The van der Waals surface area contributed by atoms with Gasteiger partial charge in [-0.05, 0) is 43.5 Å². The summed E-state index contributed by atoms with van der Waals surface area (Å²) in [6.07, 6.45) is 6.66. The maximum Gasteiger partial charge on any atom is 0.130 e. The van der Waals surface area contributed by atoms with E-state index in [9.17, 15) is 0 Å². The summed E-state index contributed by atoms with van der Waals surface area (Å²) in [5.74, 6) is 0.863. The molecule has 25 heavy (non-hydrogen) atoms. The molecule has 5 nitrogen and oxygen atoms in total. The van der Waals surface area contributed by atoms with E-state index in [0.717, 1.165) is 23.4 Å². The van der Waals surface area contributed by atoms with Crippen LogP contribution in [-0.4, -0.2) is 38.9 Å². The van der Waals surface area contributed by atoms with E-state index < -0.39 is 0 Å². The standard InChI is InChI=1S/C20H25N5/c1-15(13-25-8-4-5-9-25)22-20-11-18-10-16(6-7-17(18)12-21-20)19-14-23(2)24(19)3/h6-7,10-12,14H,1,4-5,8-9,13H2,2-3H3,(H,21,22). The lowest BCUT2D eigenvalue weighted by Gasteiger charge is -2.20. The topological polar surface area (TPSA) is 38.0 Å². The van der Waals surface area contributed by atoms with Crippen LogP contribution in [0, 0.1) is 0 Å². The molecule has 0 bridgehead atoms. The Hall–Kier alpha value is -2.53. The molecule has 130 valence electrons. The highest BCUT2D eigenvalue weighted by Gasteiger charge is 2.13. The van der Waals surface area contributed by atoms with Gasteiger partial charge in [-0.3, -0.25) is 14.3 Å². The highest BCUT2D eigenvalue weighted by atomic mass is 15.4. The summed E-state index contributed by atoms with van der Waals surface area (Å²) in [6, 6.07) is 8.62. The van der Waals surface area contributed by atoms with Gasteiger partial charge in [-0.2, -0.15) is 0 Å². The fraction of sp³-hybridized carbons (Fsp3) is 0.350. The van der Waals surface area contributed by atoms with Gasteiger partial charge in [0.1, 0.15) is 5.82 Å². The Kier molecular flexibility index (Phi) is 4.09. The molecular weight excluding hydrogens is 310 g/mol. The number of benzene rings is 1. The van der Waals surface area contributed by atoms with Crippen LogP contribution in [0.25, 0.3) is 22.0 Å². The van der Waals surface area contributed by atoms with Gasteiger partial charge in [-0.1, -0.05) is 18.7 Å². The monoisotopic (exact) mass is 335 g/mol. The van der Waals surface area contributed by atoms with Crippen molar-refractivity contribution >= 4 is 16.6 Å². The van der Waals surface area contributed by atoms with Crippen molar-refractivity contribution < 1.29 is 0 Å². The zero-order valence-corrected chi connectivity index (χ0v) is 15.0. The zero-order valence-electron chi connectivity index (χ0n) is 15.0. The van der Waals surface area contributed by atoms with E-state index >= 15 is 0 Å². The molecule has 0 unspecified atom stereocenters.